The van der Waals surface area contributed by atoms with Gasteiger partial charge >= 0.3 is 0 Å². The summed E-state index contributed by atoms with van der Waals surface area (Å²) in [6, 6.07) is 11.4. The number of anilines is 1. The van der Waals surface area contributed by atoms with Crippen LogP contribution in [0.5, 0.6) is 11.5 Å². The fraction of sp³-hybridized carbons (Fsp3) is 0.364. The number of amides is 1. The highest BCUT2D eigenvalue weighted by atomic mass is 16.6. The molecule has 1 amide bonds. The molecule has 0 atom stereocenters. The van der Waals surface area contributed by atoms with E-state index in [-0.39, 0.29) is 12.5 Å². The van der Waals surface area contributed by atoms with Crippen LogP contribution in [0.2, 0.25) is 0 Å². The van der Waals surface area contributed by atoms with Crippen LogP contribution in [0.4, 0.5) is 5.69 Å². The second-order valence-electron chi connectivity index (χ2n) is 6.59. The molecular weight excluding hydrogens is 356 g/mol. The van der Waals surface area contributed by atoms with Crippen molar-refractivity contribution in [3.63, 3.8) is 0 Å². The average Bonchev–Trinajstić information content (AvgIpc) is 2.67. The Kier molecular flexibility index (Phi) is 7.87. The number of hydrogen-bond acceptors (Lipinski definition) is 5. The molecule has 0 aliphatic heterocycles. The van der Waals surface area contributed by atoms with Crippen LogP contribution in [-0.2, 0) is 9.63 Å². The smallest absolute Gasteiger partial charge is 0.265 e. The molecule has 2 rings (SSSR count). The van der Waals surface area contributed by atoms with Gasteiger partial charge in [-0.05, 0) is 49.1 Å². The maximum absolute atomic E-state index is 12.2. The molecule has 0 fully saturated rings. The third-order valence-electron chi connectivity index (χ3n) is 4.15. The number of nitrogens with one attached hydrogen (secondary N) is 1. The van der Waals surface area contributed by atoms with Crippen molar-refractivity contribution >= 4 is 17.8 Å². The summed E-state index contributed by atoms with van der Waals surface area (Å²) in [5.41, 5.74) is 3.73. The molecule has 0 spiro atoms. The molecule has 0 aromatic heterocycles. The number of oxime groups is 1. The Bertz CT molecular complexity index is 831. The van der Waals surface area contributed by atoms with Gasteiger partial charge in [0.15, 0.2) is 18.1 Å². The SMILES string of the molecule is CCOc1ccc(/C=N/OCC(=O)Nc2c(C)cccc2C(C)C)cc1OC. The summed E-state index contributed by atoms with van der Waals surface area (Å²) in [6.45, 7) is 8.46. The van der Waals surface area contributed by atoms with Crippen molar-refractivity contribution in [1.82, 2.24) is 0 Å². The van der Waals surface area contributed by atoms with Gasteiger partial charge in [-0.15, -0.1) is 0 Å². The van der Waals surface area contributed by atoms with E-state index in [4.69, 9.17) is 14.3 Å². The molecule has 0 bridgehead atoms. The monoisotopic (exact) mass is 384 g/mol. The van der Waals surface area contributed by atoms with E-state index in [2.05, 4.69) is 24.3 Å². The van der Waals surface area contributed by atoms with E-state index in [0.717, 1.165) is 22.4 Å². The quantitative estimate of drug-likeness (QED) is 0.510. The van der Waals surface area contributed by atoms with Gasteiger partial charge in [0, 0.05) is 11.3 Å². The maximum Gasteiger partial charge on any atom is 0.265 e. The predicted octanol–water partition coefficient (Wildman–Crippen LogP) is 4.51. The number of nitrogens with zero attached hydrogens (tertiary/aromatic N) is 1. The molecule has 0 unspecified atom stereocenters. The zero-order valence-corrected chi connectivity index (χ0v) is 17.1. The molecule has 28 heavy (non-hydrogen) atoms. The zero-order chi connectivity index (χ0) is 20.5. The second kappa shape index (κ2) is 10.3. The largest absolute Gasteiger partial charge is 0.493 e. The van der Waals surface area contributed by atoms with Crippen molar-refractivity contribution in [2.24, 2.45) is 5.16 Å². The number of rotatable bonds is 9. The number of carbonyl (C=O) groups is 1. The summed E-state index contributed by atoms with van der Waals surface area (Å²) in [5, 5.41) is 6.80. The highest BCUT2D eigenvalue weighted by Gasteiger charge is 2.12. The van der Waals surface area contributed by atoms with E-state index in [1.54, 1.807) is 13.2 Å². The van der Waals surface area contributed by atoms with Crippen LogP contribution in [0.1, 0.15) is 43.4 Å². The molecule has 0 radical (unpaired) electrons. The molecule has 0 aliphatic rings. The highest BCUT2D eigenvalue weighted by molar-refractivity contribution is 5.93. The molecule has 0 heterocycles. The van der Waals surface area contributed by atoms with Crippen molar-refractivity contribution in [3.8, 4) is 11.5 Å². The summed E-state index contributed by atoms with van der Waals surface area (Å²) in [7, 11) is 1.58. The van der Waals surface area contributed by atoms with Gasteiger partial charge in [0.1, 0.15) is 0 Å². The summed E-state index contributed by atoms with van der Waals surface area (Å²) in [4.78, 5) is 17.4. The third kappa shape index (κ3) is 5.74. The van der Waals surface area contributed by atoms with Crippen molar-refractivity contribution in [2.45, 2.75) is 33.6 Å². The van der Waals surface area contributed by atoms with Gasteiger partial charge in [0.2, 0.25) is 0 Å². The summed E-state index contributed by atoms with van der Waals surface area (Å²) >= 11 is 0. The summed E-state index contributed by atoms with van der Waals surface area (Å²) in [5.74, 6) is 1.34. The van der Waals surface area contributed by atoms with Crippen LogP contribution in [0, 0.1) is 6.92 Å². The molecule has 0 saturated carbocycles. The predicted molar refractivity (Wildman–Crippen MR) is 112 cm³/mol. The van der Waals surface area contributed by atoms with Crippen LogP contribution < -0.4 is 14.8 Å². The number of methoxy groups -OCH3 is 1. The first-order chi connectivity index (χ1) is 13.5. The average molecular weight is 384 g/mol. The minimum atomic E-state index is -0.252. The maximum atomic E-state index is 12.2. The molecule has 1 N–H and O–H groups in total. The molecule has 150 valence electrons. The van der Waals surface area contributed by atoms with Gasteiger partial charge in [0.25, 0.3) is 5.91 Å². The van der Waals surface area contributed by atoms with E-state index < -0.39 is 0 Å². The molecule has 0 aliphatic carbocycles. The Hall–Kier alpha value is -3.02. The number of aryl methyl sites for hydroxylation is 1. The highest BCUT2D eigenvalue weighted by Crippen LogP contribution is 2.28. The first-order valence-electron chi connectivity index (χ1n) is 9.31. The van der Waals surface area contributed by atoms with E-state index in [1.807, 2.05) is 44.2 Å². The number of ether oxygens (including phenoxy) is 2. The lowest BCUT2D eigenvalue weighted by Gasteiger charge is -2.16. The van der Waals surface area contributed by atoms with Crippen LogP contribution >= 0.6 is 0 Å². The van der Waals surface area contributed by atoms with E-state index in [9.17, 15) is 4.79 Å². The minimum absolute atomic E-state index is 0.170. The molecule has 2 aromatic rings. The summed E-state index contributed by atoms with van der Waals surface area (Å²) < 4.78 is 10.8. The van der Waals surface area contributed by atoms with Gasteiger partial charge in [-0.2, -0.15) is 0 Å². The van der Waals surface area contributed by atoms with Crippen molar-refractivity contribution < 1.29 is 19.1 Å². The Balaban J connectivity index is 1.94. The zero-order valence-electron chi connectivity index (χ0n) is 17.1. The lowest BCUT2D eigenvalue weighted by molar-refractivity contribution is -0.120. The normalized spacial score (nSPS) is 10.9. The van der Waals surface area contributed by atoms with E-state index >= 15 is 0 Å². The third-order valence-corrected chi connectivity index (χ3v) is 4.15. The van der Waals surface area contributed by atoms with Gasteiger partial charge in [-0.25, -0.2) is 0 Å². The van der Waals surface area contributed by atoms with Gasteiger partial charge in [-0.3, -0.25) is 4.79 Å². The lowest BCUT2D eigenvalue weighted by Crippen LogP contribution is -2.19. The van der Waals surface area contributed by atoms with Crippen molar-refractivity contribution in [1.29, 1.82) is 0 Å². The second-order valence-corrected chi connectivity index (χ2v) is 6.59. The minimum Gasteiger partial charge on any atom is -0.493 e. The van der Waals surface area contributed by atoms with Gasteiger partial charge in [0.05, 0.1) is 19.9 Å². The molecule has 6 heteroatoms. The van der Waals surface area contributed by atoms with Gasteiger partial charge < -0.3 is 19.6 Å². The van der Waals surface area contributed by atoms with E-state index in [0.29, 0.717) is 24.0 Å². The first kappa shape index (κ1) is 21.3. The Morgan fingerprint density at radius 3 is 2.68 bits per heavy atom. The van der Waals surface area contributed by atoms with Gasteiger partial charge in [-0.1, -0.05) is 37.2 Å². The fourth-order valence-electron chi connectivity index (χ4n) is 2.75. The Morgan fingerprint density at radius 1 is 1.21 bits per heavy atom. The molecule has 2 aromatic carbocycles. The molecule has 0 saturated heterocycles. The van der Waals surface area contributed by atoms with E-state index in [1.165, 1.54) is 6.21 Å². The van der Waals surface area contributed by atoms with Crippen molar-refractivity contribution in [3.05, 3.63) is 53.1 Å². The van der Waals surface area contributed by atoms with Crippen LogP contribution in [0.25, 0.3) is 0 Å². The first-order valence-corrected chi connectivity index (χ1v) is 9.31. The standard InChI is InChI=1S/C22H28N2O4/c1-6-27-19-11-10-17(12-20(19)26-5)13-23-28-14-21(25)24-22-16(4)8-7-9-18(22)15(2)3/h7-13,15H,6,14H2,1-5H3,(H,24,25)/b23-13+. The lowest BCUT2D eigenvalue weighted by atomic mass is 9.98. The van der Waals surface area contributed by atoms with Crippen LogP contribution in [0.3, 0.4) is 0 Å². The Labute approximate surface area is 166 Å². The number of hydrogen-bond donors (Lipinski definition) is 1. The molecular formula is C22H28N2O4. The van der Waals surface area contributed by atoms with Crippen LogP contribution in [0.15, 0.2) is 41.6 Å². The number of para-hydroxylation sites is 1. The summed E-state index contributed by atoms with van der Waals surface area (Å²) in [6.07, 6.45) is 1.53. The molecule has 6 nitrogen and oxygen atoms in total. The fourth-order valence-corrected chi connectivity index (χ4v) is 2.75. The number of benzene rings is 2. The number of carbonyl (C=O) groups excluding carboxylic acids is 1. The Morgan fingerprint density at radius 2 is 2.00 bits per heavy atom. The topological polar surface area (TPSA) is 69.2 Å². The van der Waals surface area contributed by atoms with Crippen LogP contribution in [-0.4, -0.2) is 32.4 Å². The van der Waals surface area contributed by atoms with Crippen molar-refractivity contribution in [2.75, 3.05) is 25.6 Å².